The van der Waals surface area contributed by atoms with Crippen LogP contribution in [0, 0.1) is 11.6 Å². The Balaban J connectivity index is 1.99. The first-order valence-electron chi connectivity index (χ1n) is 7.50. The van der Waals surface area contributed by atoms with E-state index in [2.05, 4.69) is 15.9 Å². The van der Waals surface area contributed by atoms with Gasteiger partial charge in [0.15, 0.2) is 11.6 Å². The van der Waals surface area contributed by atoms with Gasteiger partial charge in [0.1, 0.15) is 5.60 Å². The number of carbonyl (C=O) groups excluding carboxylic acids is 2. The number of benzene rings is 1. The van der Waals surface area contributed by atoms with Crippen molar-refractivity contribution in [3.63, 3.8) is 0 Å². The number of ether oxygens (including phenoxy) is 1. The zero-order valence-corrected chi connectivity index (χ0v) is 15.3. The first-order valence-corrected chi connectivity index (χ1v) is 8.29. The molecule has 0 aliphatic carbocycles. The molecule has 1 aliphatic heterocycles. The minimum atomic E-state index is -1.08. The Morgan fingerprint density at radius 1 is 1.08 bits per heavy atom. The number of hydrogen-bond acceptors (Lipinski definition) is 3. The Morgan fingerprint density at radius 3 is 2.12 bits per heavy atom. The van der Waals surface area contributed by atoms with Gasteiger partial charge in [-0.15, -0.1) is 0 Å². The second-order valence-corrected chi connectivity index (χ2v) is 7.37. The van der Waals surface area contributed by atoms with Gasteiger partial charge in [-0.05, 0) is 48.8 Å². The standard InChI is InChI=1S/C16H19BrF2N2O3/c1-16(2,3)24-15(23)21-6-4-20(5-7-21)14(22)10-8-11(17)13(19)12(18)9-10/h8-9H,4-7H2,1-3H3. The zero-order valence-electron chi connectivity index (χ0n) is 13.7. The predicted octanol–water partition coefficient (Wildman–Crippen LogP) is 3.42. The smallest absolute Gasteiger partial charge is 0.410 e. The average molecular weight is 405 g/mol. The molecule has 1 aromatic carbocycles. The van der Waals surface area contributed by atoms with E-state index in [-0.39, 0.29) is 10.0 Å². The van der Waals surface area contributed by atoms with Crippen molar-refractivity contribution < 1.29 is 23.1 Å². The van der Waals surface area contributed by atoms with Crippen molar-refractivity contribution in [2.45, 2.75) is 26.4 Å². The van der Waals surface area contributed by atoms with Crippen LogP contribution >= 0.6 is 15.9 Å². The summed E-state index contributed by atoms with van der Waals surface area (Å²) < 4.78 is 31.9. The lowest BCUT2D eigenvalue weighted by molar-refractivity contribution is 0.0141. The first kappa shape index (κ1) is 18.6. The van der Waals surface area contributed by atoms with E-state index >= 15 is 0 Å². The molecule has 2 rings (SSSR count). The van der Waals surface area contributed by atoms with Gasteiger partial charge < -0.3 is 14.5 Å². The topological polar surface area (TPSA) is 49.9 Å². The molecule has 1 saturated heterocycles. The molecule has 132 valence electrons. The van der Waals surface area contributed by atoms with Crippen molar-refractivity contribution in [3.05, 3.63) is 33.8 Å². The van der Waals surface area contributed by atoms with Crippen LogP contribution < -0.4 is 0 Å². The fourth-order valence-electron chi connectivity index (χ4n) is 2.28. The Kier molecular flexibility index (Phi) is 5.47. The van der Waals surface area contributed by atoms with E-state index in [0.717, 1.165) is 6.07 Å². The summed E-state index contributed by atoms with van der Waals surface area (Å²) in [4.78, 5) is 27.4. The van der Waals surface area contributed by atoms with E-state index < -0.39 is 29.2 Å². The molecule has 1 aromatic rings. The number of piperazine rings is 1. The molecule has 0 saturated carbocycles. The maximum Gasteiger partial charge on any atom is 0.410 e. The van der Waals surface area contributed by atoms with Crippen LogP contribution in [0.2, 0.25) is 0 Å². The lowest BCUT2D eigenvalue weighted by atomic mass is 10.1. The number of rotatable bonds is 1. The number of hydrogen-bond donors (Lipinski definition) is 0. The van der Waals surface area contributed by atoms with Crippen LogP contribution in [0.1, 0.15) is 31.1 Å². The summed E-state index contributed by atoms with van der Waals surface area (Å²) in [7, 11) is 0. The summed E-state index contributed by atoms with van der Waals surface area (Å²) >= 11 is 2.89. The van der Waals surface area contributed by atoms with Gasteiger partial charge in [0.2, 0.25) is 0 Å². The summed E-state index contributed by atoms with van der Waals surface area (Å²) in [5.74, 6) is -2.51. The summed E-state index contributed by atoms with van der Waals surface area (Å²) in [5, 5.41) is 0. The van der Waals surface area contributed by atoms with Crippen molar-refractivity contribution in [3.8, 4) is 0 Å². The molecule has 1 aliphatic rings. The quantitative estimate of drug-likeness (QED) is 0.673. The van der Waals surface area contributed by atoms with Crippen LogP contribution in [-0.2, 0) is 4.74 Å². The van der Waals surface area contributed by atoms with Crippen LogP contribution in [0.3, 0.4) is 0 Å². The normalized spacial score (nSPS) is 15.4. The second kappa shape index (κ2) is 7.04. The molecule has 0 N–H and O–H groups in total. The molecular formula is C16H19BrF2N2O3. The van der Waals surface area contributed by atoms with Crippen LogP contribution in [0.5, 0.6) is 0 Å². The van der Waals surface area contributed by atoms with Crippen LogP contribution in [-0.4, -0.2) is 53.6 Å². The highest BCUT2D eigenvalue weighted by Gasteiger charge is 2.28. The monoisotopic (exact) mass is 404 g/mol. The lowest BCUT2D eigenvalue weighted by Crippen LogP contribution is -2.51. The molecule has 0 atom stereocenters. The third-order valence-electron chi connectivity index (χ3n) is 3.45. The molecule has 8 heteroatoms. The molecule has 0 radical (unpaired) electrons. The van der Waals surface area contributed by atoms with Gasteiger partial charge in [-0.2, -0.15) is 0 Å². The maximum absolute atomic E-state index is 13.4. The number of carbonyl (C=O) groups is 2. The largest absolute Gasteiger partial charge is 0.444 e. The first-order chi connectivity index (χ1) is 11.1. The minimum absolute atomic E-state index is 0.0616. The van der Waals surface area contributed by atoms with E-state index in [4.69, 9.17) is 4.74 Å². The minimum Gasteiger partial charge on any atom is -0.444 e. The lowest BCUT2D eigenvalue weighted by Gasteiger charge is -2.35. The van der Waals surface area contributed by atoms with E-state index in [0.29, 0.717) is 26.2 Å². The third kappa shape index (κ3) is 4.43. The van der Waals surface area contributed by atoms with E-state index in [1.165, 1.54) is 15.9 Å². The van der Waals surface area contributed by atoms with E-state index in [1.807, 2.05) is 0 Å². The molecule has 0 bridgehead atoms. The van der Waals surface area contributed by atoms with Crippen LogP contribution in [0.15, 0.2) is 16.6 Å². The maximum atomic E-state index is 13.4. The summed E-state index contributed by atoms with van der Waals surface area (Å²) in [6, 6.07) is 2.13. The van der Waals surface area contributed by atoms with Crippen molar-refractivity contribution in [2.24, 2.45) is 0 Å². The van der Waals surface area contributed by atoms with Crippen molar-refractivity contribution in [1.29, 1.82) is 0 Å². The third-order valence-corrected chi connectivity index (χ3v) is 4.03. The molecule has 0 aromatic heterocycles. The molecule has 1 fully saturated rings. The molecular weight excluding hydrogens is 386 g/mol. The summed E-state index contributed by atoms with van der Waals surface area (Å²) in [5.41, 5.74) is -0.520. The fraction of sp³-hybridized carbons (Fsp3) is 0.500. The average Bonchev–Trinajstić information content (AvgIpc) is 2.50. The Hall–Kier alpha value is -1.70. The highest BCUT2D eigenvalue weighted by Crippen LogP contribution is 2.22. The second-order valence-electron chi connectivity index (χ2n) is 6.51. The van der Waals surface area contributed by atoms with Gasteiger partial charge in [-0.25, -0.2) is 13.6 Å². The fourth-order valence-corrected chi connectivity index (χ4v) is 2.72. The Labute approximate surface area is 147 Å². The highest BCUT2D eigenvalue weighted by molar-refractivity contribution is 9.10. The highest BCUT2D eigenvalue weighted by atomic mass is 79.9. The summed E-state index contributed by atoms with van der Waals surface area (Å²) in [6.07, 6.45) is -0.426. The number of amides is 2. The zero-order chi connectivity index (χ0) is 18.1. The molecule has 0 spiro atoms. The molecule has 2 amide bonds. The molecule has 1 heterocycles. The van der Waals surface area contributed by atoms with E-state index in [1.54, 1.807) is 20.8 Å². The molecule has 0 unspecified atom stereocenters. The summed E-state index contributed by atoms with van der Waals surface area (Å²) in [6.45, 7) is 6.60. The number of nitrogens with zero attached hydrogens (tertiary/aromatic N) is 2. The van der Waals surface area contributed by atoms with Gasteiger partial charge in [-0.1, -0.05) is 0 Å². The van der Waals surface area contributed by atoms with Crippen molar-refractivity contribution >= 4 is 27.9 Å². The van der Waals surface area contributed by atoms with Gasteiger partial charge in [0.05, 0.1) is 4.47 Å². The van der Waals surface area contributed by atoms with Gasteiger partial charge in [0.25, 0.3) is 5.91 Å². The Morgan fingerprint density at radius 2 is 1.62 bits per heavy atom. The van der Waals surface area contributed by atoms with Crippen LogP contribution in [0.4, 0.5) is 13.6 Å². The van der Waals surface area contributed by atoms with Gasteiger partial charge in [-0.3, -0.25) is 4.79 Å². The van der Waals surface area contributed by atoms with Crippen molar-refractivity contribution in [2.75, 3.05) is 26.2 Å². The molecule has 24 heavy (non-hydrogen) atoms. The van der Waals surface area contributed by atoms with E-state index in [9.17, 15) is 18.4 Å². The predicted molar refractivity (Wildman–Crippen MR) is 87.8 cm³/mol. The number of halogens is 3. The Bertz CT molecular complexity index is 630. The molecule has 5 nitrogen and oxygen atoms in total. The van der Waals surface area contributed by atoms with Gasteiger partial charge in [0, 0.05) is 31.7 Å². The SMILES string of the molecule is CC(C)(C)OC(=O)N1CCN(C(=O)c2cc(F)c(F)c(Br)c2)CC1. The van der Waals surface area contributed by atoms with Crippen molar-refractivity contribution in [1.82, 2.24) is 9.80 Å². The van der Waals surface area contributed by atoms with Crippen LogP contribution in [0.25, 0.3) is 0 Å². The van der Waals surface area contributed by atoms with Gasteiger partial charge >= 0.3 is 6.09 Å².